The third-order valence-electron chi connectivity index (χ3n) is 3.96. The second kappa shape index (κ2) is 6.61. The maximum atomic E-state index is 10.2. The average molecular weight is 367 g/mol. The molecule has 0 radical (unpaired) electrons. The van der Waals surface area contributed by atoms with Crippen molar-refractivity contribution in [2.75, 3.05) is 11.9 Å². The summed E-state index contributed by atoms with van der Waals surface area (Å²) in [7, 11) is 1.87. The van der Waals surface area contributed by atoms with Crippen molar-refractivity contribution in [2.24, 2.45) is 4.99 Å². The van der Waals surface area contributed by atoms with Crippen molar-refractivity contribution in [1.82, 2.24) is 19.9 Å². The van der Waals surface area contributed by atoms with Crippen LogP contribution in [0.25, 0.3) is 11.6 Å². The molecule has 0 fully saturated rings. The van der Waals surface area contributed by atoms with Crippen LogP contribution in [0, 0.1) is 0 Å². The van der Waals surface area contributed by atoms with Crippen molar-refractivity contribution in [3.8, 4) is 5.88 Å². The van der Waals surface area contributed by atoms with E-state index in [1.165, 1.54) is 0 Å². The predicted molar refractivity (Wildman–Crippen MR) is 102 cm³/mol. The summed E-state index contributed by atoms with van der Waals surface area (Å²) in [6.45, 7) is 0.563. The molecule has 3 aromatic heterocycles. The highest BCUT2D eigenvalue weighted by Gasteiger charge is 2.17. The lowest BCUT2D eigenvalue weighted by molar-refractivity contribution is 0.455. The fourth-order valence-corrected chi connectivity index (χ4v) is 2.83. The summed E-state index contributed by atoms with van der Waals surface area (Å²) in [5.41, 5.74) is 3.01. The van der Waals surface area contributed by atoms with E-state index in [9.17, 15) is 5.11 Å². The molecule has 130 valence electrons. The van der Waals surface area contributed by atoms with Crippen molar-refractivity contribution in [1.29, 1.82) is 0 Å². The Bertz CT molecular complexity index is 1010. The Hall–Kier alpha value is -3.19. The molecule has 7 nitrogen and oxygen atoms in total. The summed E-state index contributed by atoms with van der Waals surface area (Å²) >= 11 is 6.02. The first kappa shape index (κ1) is 16.3. The number of aliphatic imine (C=N–C) groups is 1. The molecule has 4 rings (SSSR count). The zero-order chi connectivity index (χ0) is 18.1. The molecule has 0 bridgehead atoms. The van der Waals surface area contributed by atoms with Crippen LogP contribution in [0.1, 0.15) is 17.0 Å². The topological polar surface area (TPSA) is 90.3 Å². The first-order chi connectivity index (χ1) is 12.6. The van der Waals surface area contributed by atoms with Crippen LogP contribution in [0.2, 0.25) is 5.02 Å². The number of nitrogens with one attached hydrogen (secondary N) is 1. The van der Waals surface area contributed by atoms with Gasteiger partial charge in [-0.15, -0.1) is 0 Å². The van der Waals surface area contributed by atoms with Gasteiger partial charge in [-0.3, -0.25) is 4.98 Å². The number of aromatic amines is 1. The van der Waals surface area contributed by atoms with Crippen LogP contribution in [-0.2, 0) is 6.54 Å². The number of imidazole rings is 1. The zero-order valence-corrected chi connectivity index (χ0v) is 14.6. The smallest absolute Gasteiger partial charge is 0.238 e. The summed E-state index contributed by atoms with van der Waals surface area (Å²) in [4.78, 5) is 21.9. The molecule has 0 amide bonds. The summed E-state index contributed by atoms with van der Waals surface area (Å²) in [6.07, 6.45) is 6.76. The van der Waals surface area contributed by atoms with Crippen LogP contribution in [0.4, 0.5) is 11.8 Å². The summed E-state index contributed by atoms with van der Waals surface area (Å²) in [5.74, 6) is 1.06. The molecule has 1 aliphatic rings. The van der Waals surface area contributed by atoms with Gasteiger partial charge in [0.1, 0.15) is 5.69 Å². The molecule has 0 aliphatic carbocycles. The van der Waals surface area contributed by atoms with E-state index in [2.05, 4.69) is 24.9 Å². The molecular weight excluding hydrogens is 352 g/mol. The fraction of sp³-hybridized carbons (Fsp3) is 0.111. The molecule has 3 aromatic rings. The van der Waals surface area contributed by atoms with Gasteiger partial charge in [0.15, 0.2) is 5.82 Å². The summed E-state index contributed by atoms with van der Waals surface area (Å²) in [6, 6.07) is 7.53. The molecule has 4 heterocycles. The molecule has 0 atom stereocenters. The van der Waals surface area contributed by atoms with E-state index in [0.717, 1.165) is 16.8 Å². The number of H-pyrrole nitrogens is 1. The number of nitrogens with zero attached hydrogens (tertiary/aromatic N) is 5. The van der Waals surface area contributed by atoms with Crippen LogP contribution < -0.4 is 4.90 Å². The maximum Gasteiger partial charge on any atom is 0.238 e. The maximum absolute atomic E-state index is 10.2. The van der Waals surface area contributed by atoms with E-state index in [1.807, 2.05) is 30.1 Å². The molecule has 2 N–H and O–H groups in total. The Labute approximate surface area is 154 Å². The number of hydrogen-bond donors (Lipinski definition) is 2. The van der Waals surface area contributed by atoms with Gasteiger partial charge in [0.05, 0.1) is 17.3 Å². The molecule has 0 saturated heterocycles. The number of aromatic hydroxyl groups is 1. The molecule has 1 aliphatic heterocycles. The van der Waals surface area contributed by atoms with E-state index >= 15 is 0 Å². The monoisotopic (exact) mass is 366 g/mol. The normalized spacial score (nSPS) is 14.0. The average Bonchev–Trinajstić information content (AvgIpc) is 3.20. The number of anilines is 1. The first-order valence-corrected chi connectivity index (χ1v) is 8.29. The van der Waals surface area contributed by atoms with Gasteiger partial charge in [-0.2, -0.15) is 4.98 Å². The van der Waals surface area contributed by atoms with Gasteiger partial charge in [-0.1, -0.05) is 17.7 Å². The quantitative estimate of drug-likeness (QED) is 0.738. The van der Waals surface area contributed by atoms with Gasteiger partial charge in [0.25, 0.3) is 0 Å². The number of fused-ring (bicyclic) bond motifs is 1. The minimum atomic E-state index is -0.0859. The molecule has 0 saturated carbocycles. The Kier molecular flexibility index (Phi) is 4.14. The first-order valence-electron chi connectivity index (χ1n) is 7.92. The Morgan fingerprint density at radius 3 is 3.00 bits per heavy atom. The van der Waals surface area contributed by atoms with Crippen molar-refractivity contribution in [2.45, 2.75) is 6.54 Å². The third kappa shape index (κ3) is 3.16. The minimum absolute atomic E-state index is 0.0859. The van der Waals surface area contributed by atoms with Crippen LogP contribution in [-0.4, -0.2) is 38.3 Å². The van der Waals surface area contributed by atoms with Crippen molar-refractivity contribution in [3.63, 3.8) is 0 Å². The summed E-state index contributed by atoms with van der Waals surface area (Å²) in [5, 5.41) is 10.7. The molecule has 0 unspecified atom stereocenters. The van der Waals surface area contributed by atoms with E-state index in [-0.39, 0.29) is 5.88 Å². The summed E-state index contributed by atoms with van der Waals surface area (Å²) < 4.78 is 0. The van der Waals surface area contributed by atoms with Gasteiger partial charge >= 0.3 is 0 Å². The lowest BCUT2D eigenvalue weighted by Gasteiger charge is -2.14. The van der Waals surface area contributed by atoms with Crippen molar-refractivity contribution < 1.29 is 5.11 Å². The van der Waals surface area contributed by atoms with E-state index < -0.39 is 0 Å². The van der Waals surface area contributed by atoms with Crippen LogP contribution in [0.15, 0.2) is 41.7 Å². The Balaban J connectivity index is 1.60. The SMILES string of the molecule is CN(Cc1ccccn1)c1nc(O)c(C=C2C=Nc3ncc(Cl)cc32)[nH]1. The largest absolute Gasteiger partial charge is 0.492 e. The van der Waals surface area contributed by atoms with Gasteiger partial charge in [0.2, 0.25) is 11.8 Å². The number of allylic oxidation sites excluding steroid dienone is 1. The molecule has 0 spiro atoms. The van der Waals surface area contributed by atoms with E-state index in [4.69, 9.17) is 11.6 Å². The Morgan fingerprint density at radius 1 is 1.31 bits per heavy atom. The Morgan fingerprint density at radius 2 is 2.19 bits per heavy atom. The van der Waals surface area contributed by atoms with E-state index in [0.29, 0.717) is 29.0 Å². The van der Waals surface area contributed by atoms with E-state index in [1.54, 1.807) is 30.8 Å². The number of hydrogen-bond acceptors (Lipinski definition) is 6. The van der Waals surface area contributed by atoms with Gasteiger partial charge in [-0.25, -0.2) is 9.98 Å². The highest BCUT2D eigenvalue weighted by molar-refractivity contribution is 6.31. The van der Waals surface area contributed by atoms with Crippen LogP contribution in [0.3, 0.4) is 0 Å². The standard InChI is InChI=1S/C18H15ClN6O/c1-25(10-13-4-2-3-5-20-13)18-23-15(17(26)24-18)6-11-8-21-16-14(11)7-12(19)9-22-16/h2-9,26H,10H2,1H3,(H,23,24). The van der Waals surface area contributed by atoms with Gasteiger partial charge in [0, 0.05) is 36.8 Å². The highest BCUT2D eigenvalue weighted by Crippen LogP contribution is 2.33. The third-order valence-corrected chi connectivity index (χ3v) is 4.16. The predicted octanol–water partition coefficient (Wildman–Crippen LogP) is 3.45. The van der Waals surface area contributed by atoms with Crippen LogP contribution >= 0.6 is 11.6 Å². The molecule has 8 heteroatoms. The number of aromatic nitrogens is 4. The lowest BCUT2D eigenvalue weighted by atomic mass is 10.1. The minimum Gasteiger partial charge on any atom is -0.492 e. The molecule has 0 aromatic carbocycles. The van der Waals surface area contributed by atoms with Crippen LogP contribution in [0.5, 0.6) is 5.88 Å². The molecular formula is C18H15ClN6O. The molecule has 26 heavy (non-hydrogen) atoms. The highest BCUT2D eigenvalue weighted by atomic mass is 35.5. The number of rotatable bonds is 4. The fourth-order valence-electron chi connectivity index (χ4n) is 2.67. The van der Waals surface area contributed by atoms with Gasteiger partial charge < -0.3 is 15.0 Å². The second-order valence-electron chi connectivity index (χ2n) is 5.86. The lowest BCUT2D eigenvalue weighted by Crippen LogP contribution is -2.18. The number of pyridine rings is 2. The second-order valence-corrected chi connectivity index (χ2v) is 6.29. The number of halogens is 1. The van der Waals surface area contributed by atoms with Gasteiger partial charge in [-0.05, 0) is 24.3 Å². The van der Waals surface area contributed by atoms with Crippen molar-refractivity contribution >= 4 is 41.2 Å². The zero-order valence-electron chi connectivity index (χ0n) is 13.9. The van der Waals surface area contributed by atoms with Crippen molar-refractivity contribution in [3.05, 3.63) is 58.6 Å².